The fourth-order valence-corrected chi connectivity index (χ4v) is 3.31. The van der Waals surface area contributed by atoms with Crippen molar-refractivity contribution in [3.05, 3.63) is 33.9 Å². The number of aryl methyl sites for hydroxylation is 1. The first kappa shape index (κ1) is 14.8. The lowest BCUT2D eigenvalue weighted by Crippen LogP contribution is -2.40. The van der Waals surface area contributed by atoms with Crippen LogP contribution in [0.4, 0.5) is 11.4 Å². The van der Waals surface area contributed by atoms with Crippen LogP contribution in [-0.4, -0.2) is 24.1 Å². The summed E-state index contributed by atoms with van der Waals surface area (Å²) in [6, 6.07) is 5.80. The molecule has 0 aliphatic heterocycles. The molecule has 1 fully saturated rings. The van der Waals surface area contributed by atoms with Crippen LogP contribution in [0.1, 0.15) is 31.7 Å². The largest absolute Gasteiger partial charge is 0.363 e. The number of nitro groups is 1. The number of nitro benzene ring substituents is 1. The maximum atomic E-state index is 11.3. The van der Waals surface area contributed by atoms with Crippen molar-refractivity contribution in [2.75, 3.05) is 18.0 Å². The minimum atomic E-state index is -0.280. The highest BCUT2D eigenvalue weighted by molar-refractivity contribution is 5.65. The van der Waals surface area contributed by atoms with Crippen LogP contribution in [0.5, 0.6) is 0 Å². The molecule has 1 saturated carbocycles. The Hall–Kier alpha value is -1.62. The van der Waals surface area contributed by atoms with Gasteiger partial charge in [-0.15, -0.1) is 0 Å². The third-order valence-electron chi connectivity index (χ3n) is 4.30. The van der Waals surface area contributed by atoms with E-state index in [1.165, 1.54) is 0 Å². The van der Waals surface area contributed by atoms with Crippen LogP contribution >= 0.6 is 0 Å². The van der Waals surface area contributed by atoms with Crippen LogP contribution in [0.3, 0.4) is 0 Å². The fraction of sp³-hybridized carbons (Fsp3) is 0.600. The molecule has 5 nitrogen and oxygen atoms in total. The topological polar surface area (TPSA) is 72.4 Å². The Bertz CT molecular complexity index is 490. The van der Waals surface area contributed by atoms with Gasteiger partial charge in [0, 0.05) is 18.7 Å². The van der Waals surface area contributed by atoms with Gasteiger partial charge < -0.3 is 10.6 Å². The van der Waals surface area contributed by atoms with Gasteiger partial charge in [0.15, 0.2) is 0 Å². The summed E-state index contributed by atoms with van der Waals surface area (Å²) in [7, 11) is 0. The molecule has 0 spiro atoms. The first-order valence-corrected chi connectivity index (χ1v) is 7.30. The minimum Gasteiger partial charge on any atom is -0.363 e. The summed E-state index contributed by atoms with van der Waals surface area (Å²) in [5, 5.41) is 11.3. The fourth-order valence-electron chi connectivity index (χ4n) is 3.31. The average Bonchev–Trinajstić information content (AvgIpc) is 2.89. The SMILES string of the molecule is CCN(c1ccc(C)cc1[N+](=O)[O-])C1CCCC1CN. The van der Waals surface area contributed by atoms with Crippen LogP contribution in [-0.2, 0) is 0 Å². The third kappa shape index (κ3) is 2.77. The number of hydrogen-bond donors (Lipinski definition) is 1. The highest BCUT2D eigenvalue weighted by Gasteiger charge is 2.33. The number of rotatable bonds is 5. The zero-order chi connectivity index (χ0) is 14.7. The molecule has 2 N–H and O–H groups in total. The summed E-state index contributed by atoms with van der Waals surface area (Å²) in [6.07, 6.45) is 3.35. The molecule has 20 heavy (non-hydrogen) atoms. The van der Waals surface area contributed by atoms with Crippen LogP contribution in [0, 0.1) is 23.0 Å². The number of benzene rings is 1. The van der Waals surface area contributed by atoms with Gasteiger partial charge in [-0.3, -0.25) is 10.1 Å². The first-order valence-electron chi connectivity index (χ1n) is 7.30. The van der Waals surface area contributed by atoms with Gasteiger partial charge in [-0.05, 0) is 50.8 Å². The lowest BCUT2D eigenvalue weighted by atomic mass is 10.0. The average molecular weight is 277 g/mol. The lowest BCUT2D eigenvalue weighted by molar-refractivity contribution is -0.384. The van der Waals surface area contributed by atoms with Gasteiger partial charge in [0.2, 0.25) is 0 Å². The second kappa shape index (κ2) is 6.22. The molecule has 0 radical (unpaired) electrons. The molecule has 5 heteroatoms. The molecule has 2 atom stereocenters. The van der Waals surface area contributed by atoms with Gasteiger partial charge >= 0.3 is 0 Å². The summed E-state index contributed by atoms with van der Waals surface area (Å²) in [6.45, 7) is 5.35. The molecule has 1 aromatic carbocycles. The number of nitrogens with two attached hydrogens (primary N) is 1. The van der Waals surface area contributed by atoms with Crippen LogP contribution in [0.15, 0.2) is 18.2 Å². The van der Waals surface area contributed by atoms with Crippen molar-refractivity contribution in [3.63, 3.8) is 0 Å². The molecule has 1 aliphatic rings. The zero-order valence-corrected chi connectivity index (χ0v) is 12.2. The third-order valence-corrected chi connectivity index (χ3v) is 4.30. The summed E-state index contributed by atoms with van der Waals surface area (Å²) in [5.74, 6) is 0.441. The van der Waals surface area contributed by atoms with E-state index in [4.69, 9.17) is 5.73 Å². The molecular weight excluding hydrogens is 254 g/mol. The van der Waals surface area contributed by atoms with Crippen molar-refractivity contribution in [2.24, 2.45) is 11.7 Å². The van der Waals surface area contributed by atoms with Crippen LogP contribution in [0.25, 0.3) is 0 Å². The number of nitrogens with zero attached hydrogens (tertiary/aromatic N) is 2. The maximum Gasteiger partial charge on any atom is 0.292 e. The highest BCUT2D eigenvalue weighted by atomic mass is 16.6. The molecule has 2 unspecified atom stereocenters. The predicted molar refractivity (Wildman–Crippen MR) is 81.0 cm³/mol. The van der Waals surface area contributed by atoms with Gasteiger partial charge in [-0.1, -0.05) is 12.5 Å². The second-order valence-electron chi connectivity index (χ2n) is 5.53. The van der Waals surface area contributed by atoms with Crippen LogP contribution in [0.2, 0.25) is 0 Å². The van der Waals surface area contributed by atoms with E-state index in [0.717, 1.165) is 37.1 Å². The van der Waals surface area contributed by atoms with Gasteiger partial charge in [-0.25, -0.2) is 0 Å². The molecule has 0 aromatic heterocycles. The Balaban J connectivity index is 2.39. The second-order valence-corrected chi connectivity index (χ2v) is 5.53. The molecule has 0 bridgehead atoms. The molecule has 0 heterocycles. The summed E-state index contributed by atoms with van der Waals surface area (Å²) in [4.78, 5) is 13.2. The summed E-state index contributed by atoms with van der Waals surface area (Å²) >= 11 is 0. The van der Waals surface area contributed by atoms with Gasteiger partial charge in [0.1, 0.15) is 5.69 Å². The molecule has 0 saturated heterocycles. The maximum absolute atomic E-state index is 11.3. The monoisotopic (exact) mass is 277 g/mol. The van der Waals surface area contributed by atoms with Crippen molar-refractivity contribution in [3.8, 4) is 0 Å². The molecule has 110 valence electrons. The number of anilines is 1. The van der Waals surface area contributed by atoms with E-state index in [-0.39, 0.29) is 10.6 Å². The zero-order valence-electron chi connectivity index (χ0n) is 12.2. The van der Waals surface area contributed by atoms with Crippen molar-refractivity contribution in [1.29, 1.82) is 0 Å². The Morgan fingerprint density at radius 1 is 1.45 bits per heavy atom. The van der Waals surface area contributed by atoms with E-state index in [1.807, 2.05) is 19.1 Å². The van der Waals surface area contributed by atoms with Crippen molar-refractivity contribution >= 4 is 11.4 Å². The van der Waals surface area contributed by atoms with E-state index in [9.17, 15) is 10.1 Å². The van der Waals surface area contributed by atoms with E-state index in [1.54, 1.807) is 6.07 Å². The molecule has 1 aliphatic carbocycles. The van der Waals surface area contributed by atoms with Crippen molar-refractivity contribution in [2.45, 2.75) is 39.2 Å². The summed E-state index contributed by atoms with van der Waals surface area (Å²) in [5.41, 5.74) is 7.70. The Kier molecular flexibility index (Phi) is 4.60. The quantitative estimate of drug-likeness (QED) is 0.663. The predicted octanol–water partition coefficient (Wildman–Crippen LogP) is 2.86. The Morgan fingerprint density at radius 3 is 2.80 bits per heavy atom. The highest BCUT2D eigenvalue weighted by Crippen LogP contribution is 2.37. The summed E-state index contributed by atoms with van der Waals surface area (Å²) < 4.78 is 0. The van der Waals surface area contributed by atoms with E-state index >= 15 is 0 Å². The standard InChI is InChI=1S/C15H23N3O2/c1-3-17(13-6-4-5-12(13)10-16)14-8-7-11(2)9-15(14)18(19)20/h7-9,12-13H,3-6,10,16H2,1-2H3. The smallest absolute Gasteiger partial charge is 0.292 e. The molecule has 2 rings (SSSR count). The van der Waals surface area contributed by atoms with E-state index in [0.29, 0.717) is 18.5 Å². The van der Waals surface area contributed by atoms with Gasteiger partial charge in [-0.2, -0.15) is 0 Å². The van der Waals surface area contributed by atoms with Gasteiger partial charge in [0.25, 0.3) is 5.69 Å². The van der Waals surface area contributed by atoms with Crippen molar-refractivity contribution < 1.29 is 4.92 Å². The minimum absolute atomic E-state index is 0.203. The molecule has 1 aromatic rings. The molecular formula is C15H23N3O2. The Labute approximate surface area is 119 Å². The lowest BCUT2D eigenvalue weighted by Gasteiger charge is -2.33. The van der Waals surface area contributed by atoms with Crippen molar-refractivity contribution in [1.82, 2.24) is 0 Å². The first-order chi connectivity index (χ1) is 9.58. The van der Waals surface area contributed by atoms with E-state index in [2.05, 4.69) is 11.8 Å². The van der Waals surface area contributed by atoms with E-state index < -0.39 is 0 Å². The van der Waals surface area contributed by atoms with Gasteiger partial charge in [0.05, 0.1) is 4.92 Å². The normalized spacial score (nSPS) is 21.9. The number of hydrogen-bond acceptors (Lipinski definition) is 4. The Morgan fingerprint density at radius 2 is 2.20 bits per heavy atom. The molecule has 0 amide bonds. The van der Waals surface area contributed by atoms with Crippen LogP contribution < -0.4 is 10.6 Å².